The molecule has 0 aromatic carbocycles. The summed E-state index contributed by atoms with van der Waals surface area (Å²) in [4.78, 5) is 25.6. The van der Waals surface area contributed by atoms with E-state index >= 15 is 0 Å². The standard InChI is InChI=1S/C15H25NO3/c1-3-10-7-12(13(8-10)15(18)19)14(17)16(2)9-11-5-4-6-11/h10-13H,3-9H2,1-2H3,(H,18,19). The van der Waals surface area contributed by atoms with E-state index in [1.165, 1.54) is 19.3 Å². The number of aliphatic carboxylic acids is 1. The Balaban J connectivity index is 1.96. The molecule has 4 heteroatoms. The van der Waals surface area contributed by atoms with Crippen LogP contribution >= 0.6 is 0 Å². The first-order valence-corrected chi connectivity index (χ1v) is 7.50. The third-order valence-electron chi connectivity index (χ3n) is 5.01. The molecule has 2 saturated carbocycles. The van der Waals surface area contributed by atoms with Gasteiger partial charge in [0.2, 0.25) is 5.91 Å². The van der Waals surface area contributed by atoms with Gasteiger partial charge in [0.15, 0.2) is 0 Å². The molecule has 2 aliphatic carbocycles. The Labute approximate surface area is 115 Å². The minimum atomic E-state index is -0.800. The van der Waals surface area contributed by atoms with E-state index in [1.807, 2.05) is 7.05 Å². The molecule has 0 spiro atoms. The largest absolute Gasteiger partial charge is 0.481 e. The minimum absolute atomic E-state index is 0.0512. The minimum Gasteiger partial charge on any atom is -0.481 e. The van der Waals surface area contributed by atoms with E-state index in [1.54, 1.807) is 4.90 Å². The summed E-state index contributed by atoms with van der Waals surface area (Å²) in [5.41, 5.74) is 0. The van der Waals surface area contributed by atoms with Crippen molar-refractivity contribution in [2.75, 3.05) is 13.6 Å². The van der Waals surface area contributed by atoms with E-state index < -0.39 is 11.9 Å². The number of amides is 1. The Morgan fingerprint density at radius 1 is 1.16 bits per heavy atom. The van der Waals surface area contributed by atoms with E-state index in [0.717, 1.165) is 19.4 Å². The maximum absolute atomic E-state index is 12.5. The van der Waals surface area contributed by atoms with Gasteiger partial charge in [-0.05, 0) is 37.5 Å². The first-order valence-electron chi connectivity index (χ1n) is 7.50. The monoisotopic (exact) mass is 267 g/mol. The Morgan fingerprint density at radius 2 is 1.79 bits per heavy atom. The van der Waals surface area contributed by atoms with Crippen LogP contribution in [0.2, 0.25) is 0 Å². The van der Waals surface area contributed by atoms with Gasteiger partial charge in [0.05, 0.1) is 11.8 Å². The van der Waals surface area contributed by atoms with Gasteiger partial charge in [-0.1, -0.05) is 19.8 Å². The topological polar surface area (TPSA) is 57.6 Å². The molecule has 0 aromatic heterocycles. The van der Waals surface area contributed by atoms with Crippen LogP contribution in [0.3, 0.4) is 0 Å². The van der Waals surface area contributed by atoms with E-state index in [4.69, 9.17) is 0 Å². The molecule has 1 amide bonds. The number of hydrogen-bond acceptors (Lipinski definition) is 2. The highest BCUT2D eigenvalue weighted by Gasteiger charge is 2.43. The lowest BCUT2D eigenvalue weighted by atomic mass is 9.84. The molecule has 2 aliphatic rings. The predicted molar refractivity (Wildman–Crippen MR) is 72.6 cm³/mol. The van der Waals surface area contributed by atoms with Gasteiger partial charge in [-0.3, -0.25) is 9.59 Å². The van der Waals surface area contributed by atoms with Gasteiger partial charge in [0.1, 0.15) is 0 Å². The molecule has 3 unspecified atom stereocenters. The summed E-state index contributed by atoms with van der Waals surface area (Å²) in [6.45, 7) is 2.88. The van der Waals surface area contributed by atoms with Gasteiger partial charge in [-0.2, -0.15) is 0 Å². The number of carbonyl (C=O) groups is 2. The van der Waals surface area contributed by atoms with Crippen LogP contribution in [0.25, 0.3) is 0 Å². The summed E-state index contributed by atoms with van der Waals surface area (Å²) in [6.07, 6.45) is 6.08. The van der Waals surface area contributed by atoms with Crippen LogP contribution in [0, 0.1) is 23.7 Å². The molecular weight excluding hydrogens is 242 g/mol. The van der Waals surface area contributed by atoms with Crippen molar-refractivity contribution in [3.8, 4) is 0 Å². The van der Waals surface area contributed by atoms with E-state index in [2.05, 4.69) is 6.92 Å². The Morgan fingerprint density at radius 3 is 2.26 bits per heavy atom. The number of nitrogens with zero attached hydrogens (tertiary/aromatic N) is 1. The quantitative estimate of drug-likeness (QED) is 0.832. The summed E-state index contributed by atoms with van der Waals surface area (Å²) in [6, 6.07) is 0. The van der Waals surface area contributed by atoms with Crippen molar-refractivity contribution in [2.24, 2.45) is 23.7 Å². The summed E-state index contributed by atoms with van der Waals surface area (Å²) in [7, 11) is 1.83. The molecule has 0 aromatic rings. The van der Waals surface area contributed by atoms with Gasteiger partial charge >= 0.3 is 5.97 Å². The number of hydrogen-bond donors (Lipinski definition) is 1. The molecule has 0 radical (unpaired) electrons. The fourth-order valence-corrected chi connectivity index (χ4v) is 3.46. The van der Waals surface area contributed by atoms with E-state index in [9.17, 15) is 14.7 Å². The number of carbonyl (C=O) groups excluding carboxylic acids is 1. The second-order valence-corrected chi connectivity index (χ2v) is 6.31. The lowest BCUT2D eigenvalue weighted by Crippen LogP contribution is -2.40. The summed E-state index contributed by atoms with van der Waals surface area (Å²) >= 11 is 0. The second-order valence-electron chi connectivity index (χ2n) is 6.31. The van der Waals surface area contributed by atoms with Gasteiger partial charge in [0, 0.05) is 13.6 Å². The molecule has 0 heterocycles. The average Bonchev–Trinajstić information content (AvgIpc) is 2.76. The molecule has 0 bridgehead atoms. The zero-order chi connectivity index (χ0) is 14.0. The van der Waals surface area contributed by atoms with E-state index in [0.29, 0.717) is 18.3 Å². The Kier molecular flexibility index (Phi) is 4.48. The molecule has 108 valence electrons. The fraction of sp³-hybridized carbons (Fsp3) is 0.867. The smallest absolute Gasteiger partial charge is 0.307 e. The number of carboxylic acid groups (broad SMARTS) is 1. The number of carboxylic acids is 1. The molecule has 0 saturated heterocycles. The van der Waals surface area contributed by atoms with Gasteiger partial charge in [0.25, 0.3) is 0 Å². The van der Waals surface area contributed by atoms with Crippen LogP contribution in [0.15, 0.2) is 0 Å². The van der Waals surface area contributed by atoms with E-state index in [-0.39, 0.29) is 11.8 Å². The van der Waals surface area contributed by atoms with Gasteiger partial charge in [-0.15, -0.1) is 0 Å². The zero-order valence-corrected chi connectivity index (χ0v) is 12.0. The third-order valence-corrected chi connectivity index (χ3v) is 5.01. The molecule has 3 atom stereocenters. The van der Waals surface area contributed by atoms with Crippen LogP contribution < -0.4 is 0 Å². The molecule has 2 rings (SSSR count). The molecule has 19 heavy (non-hydrogen) atoms. The first kappa shape index (κ1) is 14.4. The van der Waals surface area contributed by atoms with Crippen LogP contribution in [0.1, 0.15) is 45.4 Å². The highest BCUT2D eigenvalue weighted by atomic mass is 16.4. The summed E-state index contributed by atoms with van der Waals surface area (Å²) in [5.74, 6) is -0.483. The predicted octanol–water partition coefficient (Wildman–Crippen LogP) is 2.38. The second kappa shape index (κ2) is 5.93. The molecule has 0 aliphatic heterocycles. The number of rotatable bonds is 5. The Hall–Kier alpha value is -1.06. The van der Waals surface area contributed by atoms with Crippen molar-refractivity contribution < 1.29 is 14.7 Å². The van der Waals surface area contributed by atoms with Crippen molar-refractivity contribution >= 4 is 11.9 Å². The molecular formula is C15H25NO3. The van der Waals surface area contributed by atoms with Crippen LogP contribution in [-0.4, -0.2) is 35.5 Å². The summed E-state index contributed by atoms with van der Waals surface area (Å²) in [5, 5.41) is 9.30. The third kappa shape index (κ3) is 3.10. The average molecular weight is 267 g/mol. The van der Waals surface area contributed by atoms with Crippen molar-refractivity contribution in [1.29, 1.82) is 0 Å². The molecule has 4 nitrogen and oxygen atoms in total. The first-order chi connectivity index (χ1) is 9.02. The molecule has 2 fully saturated rings. The van der Waals surface area contributed by atoms with Crippen molar-refractivity contribution in [1.82, 2.24) is 4.90 Å². The summed E-state index contributed by atoms with van der Waals surface area (Å²) < 4.78 is 0. The zero-order valence-electron chi connectivity index (χ0n) is 12.0. The lowest BCUT2D eigenvalue weighted by molar-refractivity contribution is -0.148. The van der Waals surface area contributed by atoms with Crippen molar-refractivity contribution in [3.05, 3.63) is 0 Å². The van der Waals surface area contributed by atoms with Crippen LogP contribution in [0.4, 0.5) is 0 Å². The Bertz CT molecular complexity index is 351. The highest BCUT2D eigenvalue weighted by Crippen LogP contribution is 2.39. The fourth-order valence-electron chi connectivity index (χ4n) is 3.46. The maximum atomic E-state index is 12.5. The SMILES string of the molecule is CCC1CC(C(=O)O)C(C(=O)N(C)CC2CCC2)C1. The van der Waals surface area contributed by atoms with Gasteiger partial charge in [-0.25, -0.2) is 0 Å². The normalized spacial score (nSPS) is 30.9. The lowest BCUT2D eigenvalue weighted by Gasteiger charge is -2.32. The maximum Gasteiger partial charge on any atom is 0.307 e. The van der Waals surface area contributed by atoms with Crippen LogP contribution in [-0.2, 0) is 9.59 Å². The highest BCUT2D eigenvalue weighted by molar-refractivity contribution is 5.85. The van der Waals surface area contributed by atoms with Crippen LogP contribution in [0.5, 0.6) is 0 Å². The van der Waals surface area contributed by atoms with Gasteiger partial charge < -0.3 is 10.0 Å². The van der Waals surface area contributed by atoms with Crippen molar-refractivity contribution in [3.63, 3.8) is 0 Å². The van der Waals surface area contributed by atoms with Crippen molar-refractivity contribution in [2.45, 2.75) is 45.4 Å². The molecule has 1 N–H and O–H groups in total.